The second-order valence-corrected chi connectivity index (χ2v) is 0.525. The van der Waals surface area contributed by atoms with Crippen LogP contribution in [0.2, 0.25) is 0 Å². The van der Waals surface area contributed by atoms with Crippen LogP contribution < -0.4 is 0 Å². The van der Waals surface area contributed by atoms with Gasteiger partial charge in [0.1, 0.15) is 0 Å². The van der Waals surface area contributed by atoms with Gasteiger partial charge in [-0.2, -0.15) is 3.84 Å². The molecule has 0 fully saturated rings. The van der Waals surface area contributed by atoms with Crippen molar-refractivity contribution < 1.29 is 9.32 Å². The van der Waals surface area contributed by atoms with Gasteiger partial charge in [-0.3, -0.25) is 0 Å². The van der Waals surface area contributed by atoms with Gasteiger partial charge in [0.15, 0.2) is 0 Å². The van der Waals surface area contributed by atoms with E-state index < -0.39 is 0 Å². The molecular formula is CH6Cl2O2. The molecule has 0 atom stereocenters. The molecule has 0 spiro atoms. The second-order valence-electron chi connectivity index (χ2n) is 0.0583. The first-order valence-electron chi connectivity index (χ1n) is 0.309. The van der Waals surface area contributed by atoms with Gasteiger partial charge in [0.2, 0.25) is 0 Å². The van der Waals surface area contributed by atoms with Crippen LogP contribution in [0.15, 0.2) is 0 Å². The van der Waals surface area contributed by atoms with Gasteiger partial charge >= 0.3 is 0 Å². The summed E-state index contributed by atoms with van der Waals surface area (Å²) in [7, 11) is 0. The predicted molar refractivity (Wildman–Crippen MR) is 23.1 cm³/mol. The lowest BCUT2D eigenvalue weighted by Gasteiger charge is -1.46. The smallest absolute Gasteiger partial charge is 0.0832 e. The fourth-order valence-electron chi connectivity index (χ4n) is 0. The van der Waals surface area contributed by atoms with Crippen LogP contribution in [0, 0.1) is 0 Å². The summed E-state index contributed by atoms with van der Waals surface area (Å²) in [6.07, 6.45) is 0. The van der Waals surface area contributed by atoms with Gasteiger partial charge in [0.25, 0.3) is 0 Å². The summed E-state index contributed by atoms with van der Waals surface area (Å²) in [5, 5.41) is 0. The van der Waals surface area contributed by atoms with E-state index in [9.17, 15) is 0 Å². The third-order valence-corrected chi connectivity index (χ3v) is 0. The Bertz CT molecular complexity index is 7.61. The highest BCUT2D eigenvalue weighted by Gasteiger charge is 1.38. The van der Waals surface area contributed by atoms with Crippen molar-refractivity contribution in [2.75, 3.05) is 0 Å². The van der Waals surface area contributed by atoms with E-state index in [0.29, 0.717) is 0 Å². The SMILES string of the molecule is C.ClOCl.O. The first-order chi connectivity index (χ1) is 1.41. The minimum Gasteiger partial charge on any atom is -0.412 e. The number of halogens is 2. The van der Waals surface area contributed by atoms with Crippen molar-refractivity contribution in [3.05, 3.63) is 0 Å². The van der Waals surface area contributed by atoms with E-state index in [1.54, 1.807) is 0 Å². The summed E-state index contributed by atoms with van der Waals surface area (Å²) < 4.78 is 3.19. The van der Waals surface area contributed by atoms with E-state index in [2.05, 4.69) is 27.6 Å². The molecule has 0 aliphatic rings. The average Bonchev–Trinajstić information content (AvgIpc) is 0.918. The lowest BCUT2D eigenvalue weighted by Crippen LogP contribution is -1.15. The molecule has 5 heavy (non-hydrogen) atoms. The van der Waals surface area contributed by atoms with Crippen LogP contribution in [0.5, 0.6) is 0 Å². The van der Waals surface area contributed by atoms with Gasteiger partial charge in [0, 0.05) is 0 Å². The van der Waals surface area contributed by atoms with Crippen molar-refractivity contribution >= 4 is 23.7 Å². The molecule has 36 valence electrons. The maximum Gasteiger partial charge on any atom is 0.0832 e. The Balaban J connectivity index is -0.0000000200. The van der Waals surface area contributed by atoms with E-state index in [0.717, 1.165) is 0 Å². The summed E-state index contributed by atoms with van der Waals surface area (Å²) in [6, 6.07) is 0. The van der Waals surface area contributed by atoms with E-state index in [-0.39, 0.29) is 12.9 Å². The Kier molecular flexibility index (Phi) is 87.3. The van der Waals surface area contributed by atoms with Crippen LogP contribution in [-0.2, 0) is 3.84 Å². The molecule has 0 saturated carbocycles. The molecule has 0 rings (SSSR count). The molecule has 0 aromatic rings. The van der Waals surface area contributed by atoms with Crippen LogP contribution >= 0.6 is 23.7 Å². The predicted octanol–water partition coefficient (Wildman–Crippen LogP) is 1.12. The zero-order valence-electron chi connectivity index (χ0n) is 1.66. The summed E-state index contributed by atoms with van der Waals surface area (Å²) in [4.78, 5) is 0. The zero-order valence-corrected chi connectivity index (χ0v) is 3.18. The Morgan fingerprint density at radius 3 is 1.20 bits per heavy atom. The van der Waals surface area contributed by atoms with Gasteiger partial charge in [-0.25, -0.2) is 0 Å². The van der Waals surface area contributed by atoms with Gasteiger partial charge < -0.3 is 5.48 Å². The van der Waals surface area contributed by atoms with Gasteiger partial charge in [-0.15, -0.1) is 0 Å². The zero-order chi connectivity index (χ0) is 2.71. The summed E-state index contributed by atoms with van der Waals surface area (Å²) in [5.74, 6) is 0. The normalized spacial score (nSPS) is 3.60. The van der Waals surface area contributed by atoms with E-state index in [1.165, 1.54) is 0 Å². The second kappa shape index (κ2) is 24.5. The standard InChI is InChI=1S/CH4.Cl2O.H2O/c;1-3-2;/h1H4;;1H2. The van der Waals surface area contributed by atoms with Crippen LogP contribution in [0.4, 0.5) is 0 Å². The molecule has 0 aliphatic heterocycles. The Labute approximate surface area is 41.3 Å². The van der Waals surface area contributed by atoms with Crippen molar-refractivity contribution in [3.63, 3.8) is 0 Å². The molecule has 2 N–H and O–H groups in total. The molecule has 0 amide bonds. The lowest BCUT2D eigenvalue weighted by molar-refractivity contribution is 0.697. The topological polar surface area (TPSA) is 40.7 Å². The van der Waals surface area contributed by atoms with Crippen molar-refractivity contribution in [3.8, 4) is 0 Å². The molecule has 0 aromatic heterocycles. The molecule has 0 radical (unpaired) electrons. The van der Waals surface area contributed by atoms with Crippen LogP contribution in [0.25, 0.3) is 0 Å². The fraction of sp³-hybridized carbons (Fsp3) is 1.00. The van der Waals surface area contributed by atoms with Crippen molar-refractivity contribution in [2.24, 2.45) is 0 Å². The number of hydrogen-bond acceptors (Lipinski definition) is 1. The van der Waals surface area contributed by atoms with Gasteiger partial charge in [-0.1, -0.05) is 7.43 Å². The largest absolute Gasteiger partial charge is 0.412 e. The van der Waals surface area contributed by atoms with E-state index >= 15 is 0 Å². The molecular weight excluding hydrogens is 115 g/mol. The minimum absolute atomic E-state index is 0. The van der Waals surface area contributed by atoms with Gasteiger partial charge in [0.05, 0.1) is 23.7 Å². The Morgan fingerprint density at radius 2 is 1.20 bits per heavy atom. The first-order valence-corrected chi connectivity index (χ1v) is 0.926. The highest BCUT2D eigenvalue weighted by molar-refractivity contribution is 6.24. The molecule has 0 bridgehead atoms. The van der Waals surface area contributed by atoms with Gasteiger partial charge in [-0.05, 0) is 0 Å². The summed E-state index contributed by atoms with van der Waals surface area (Å²) in [6.45, 7) is 0. The minimum atomic E-state index is 0. The highest BCUT2D eigenvalue weighted by atomic mass is 35.6. The number of rotatable bonds is 0. The first kappa shape index (κ1) is 17.8. The molecule has 0 heterocycles. The average molecular weight is 121 g/mol. The molecule has 4 heteroatoms. The molecule has 0 aromatic carbocycles. The van der Waals surface area contributed by atoms with Crippen molar-refractivity contribution in [1.82, 2.24) is 0 Å². The molecule has 0 aliphatic carbocycles. The fourth-order valence-corrected chi connectivity index (χ4v) is 0. The highest BCUT2D eigenvalue weighted by Crippen LogP contribution is 1.78. The van der Waals surface area contributed by atoms with Crippen LogP contribution in [0.1, 0.15) is 7.43 Å². The van der Waals surface area contributed by atoms with E-state index in [4.69, 9.17) is 0 Å². The number of hydrogen-bond donors (Lipinski definition) is 0. The molecule has 2 nitrogen and oxygen atoms in total. The van der Waals surface area contributed by atoms with Crippen molar-refractivity contribution in [2.45, 2.75) is 7.43 Å². The maximum absolute atomic E-state index is 4.26. The summed E-state index contributed by atoms with van der Waals surface area (Å²) in [5.41, 5.74) is 0. The molecule has 0 unspecified atom stereocenters. The Morgan fingerprint density at radius 1 is 1.20 bits per heavy atom. The maximum atomic E-state index is 4.26. The quantitative estimate of drug-likeness (QED) is 0.473. The third-order valence-electron chi connectivity index (χ3n) is 0. The Hall–Kier alpha value is 0.500. The molecule has 0 saturated heterocycles. The summed E-state index contributed by atoms with van der Waals surface area (Å²) >= 11 is 8.53. The van der Waals surface area contributed by atoms with Crippen LogP contribution in [-0.4, -0.2) is 5.48 Å². The third kappa shape index (κ3) is 113. The van der Waals surface area contributed by atoms with Crippen molar-refractivity contribution in [1.29, 1.82) is 0 Å². The van der Waals surface area contributed by atoms with Crippen LogP contribution in [0.3, 0.4) is 0 Å². The monoisotopic (exact) mass is 120 g/mol. The van der Waals surface area contributed by atoms with E-state index in [1.807, 2.05) is 0 Å². The lowest BCUT2D eigenvalue weighted by atomic mass is 12.0.